The molecule has 0 atom stereocenters. The Labute approximate surface area is 66.6 Å². The number of aromatic nitrogens is 1. The molecular formula is C8H14N2O. The van der Waals surface area contributed by atoms with Gasteiger partial charge in [0.1, 0.15) is 5.76 Å². The van der Waals surface area contributed by atoms with Crippen LogP contribution in [0.15, 0.2) is 10.6 Å². The number of hydrogen-bond donors (Lipinski definition) is 1. The highest BCUT2D eigenvalue weighted by Gasteiger charge is 2.03. The van der Waals surface area contributed by atoms with Gasteiger partial charge in [-0.1, -0.05) is 19.0 Å². The SMILES string of the molecule is CC(C)Cc1cc(CN)no1. The summed E-state index contributed by atoms with van der Waals surface area (Å²) in [5.74, 6) is 1.54. The molecule has 62 valence electrons. The Morgan fingerprint density at radius 1 is 1.64 bits per heavy atom. The van der Waals surface area contributed by atoms with Gasteiger partial charge in [0.05, 0.1) is 5.69 Å². The average Bonchev–Trinajstić information content (AvgIpc) is 2.34. The number of rotatable bonds is 3. The van der Waals surface area contributed by atoms with Crippen LogP contribution in [0.3, 0.4) is 0 Å². The second kappa shape index (κ2) is 3.53. The Hall–Kier alpha value is -0.830. The molecule has 1 aromatic heterocycles. The molecule has 0 bridgehead atoms. The summed E-state index contributed by atoms with van der Waals surface area (Å²) in [5.41, 5.74) is 6.21. The van der Waals surface area contributed by atoms with E-state index < -0.39 is 0 Å². The average molecular weight is 154 g/mol. The fraction of sp³-hybridized carbons (Fsp3) is 0.625. The smallest absolute Gasteiger partial charge is 0.137 e. The maximum Gasteiger partial charge on any atom is 0.137 e. The molecule has 0 spiro atoms. The van der Waals surface area contributed by atoms with Crippen LogP contribution in [-0.2, 0) is 13.0 Å². The lowest BCUT2D eigenvalue weighted by Gasteiger charge is -1.96. The van der Waals surface area contributed by atoms with E-state index in [2.05, 4.69) is 19.0 Å². The molecule has 0 fully saturated rings. The van der Waals surface area contributed by atoms with Crippen LogP contribution < -0.4 is 5.73 Å². The largest absolute Gasteiger partial charge is 0.361 e. The van der Waals surface area contributed by atoms with E-state index in [9.17, 15) is 0 Å². The Morgan fingerprint density at radius 2 is 2.36 bits per heavy atom. The summed E-state index contributed by atoms with van der Waals surface area (Å²) in [4.78, 5) is 0. The van der Waals surface area contributed by atoms with Crippen molar-refractivity contribution < 1.29 is 4.52 Å². The van der Waals surface area contributed by atoms with E-state index >= 15 is 0 Å². The van der Waals surface area contributed by atoms with E-state index in [0.717, 1.165) is 17.9 Å². The highest BCUT2D eigenvalue weighted by Crippen LogP contribution is 2.08. The predicted molar refractivity (Wildman–Crippen MR) is 42.9 cm³/mol. The Bertz CT molecular complexity index is 218. The molecule has 0 saturated carbocycles. The zero-order valence-electron chi connectivity index (χ0n) is 7.00. The Morgan fingerprint density at radius 3 is 2.82 bits per heavy atom. The first-order valence-electron chi connectivity index (χ1n) is 3.87. The molecule has 0 aliphatic carbocycles. The van der Waals surface area contributed by atoms with Crippen LogP contribution in [-0.4, -0.2) is 5.16 Å². The normalized spacial score (nSPS) is 10.9. The third kappa shape index (κ3) is 2.35. The topological polar surface area (TPSA) is 52.0 Å². The molecule has 0 amide bonds. The molecule has 0 saturated heterocycles. The van der Waals surface area contributed by atoms with E-state index in [1.54, 1.807) is 0 Å². The lowest BCUT2D eigenvalue weighted by Crippen LogP contribution is -1.95. The van der Waals surface area contributed by atoms with Crippen LogP contribution in [0, 0.1) is 5.92 Å². The van der Waals surface area contributed by atoms with Gasteiger partial charge in [-0.05, 0) is 5.92 Å². The van der Waals surface area contributed by atoms with E-state index in [1.165, 1.54) is 0 Å². The fourth-order valence-corrected chi connectivity index (χ4v) is 0.951. The summed E-state index contributed by atoms with van der Waals surface area (Å²) in [6.45, 7) is 4.75. The fourth-order valence-electron chi connectivity index (χ4n) is 0.951. The van der Waals surface area contributed by atoms with Gasteiger partial charge in [-0.3, -0.25) is 0 Å². The molecule has 2 N–H and O–H groups in total. The van der Waals surface area contributed by atoms with Crippen molar-refractivity contribution in [1.29, 1.82) is 0 Å². The first-order chi connectivity index (χ1) is 5.22. The van der Waals surface area contributed by atoms with Gasteiger partial charge in [-0.15, -0.1) is 0 Å². The van der Waals surface area contributed by atoms with Gasteiger partial charge in [-0.25, -0.2) is 0 Å². The number of nitrogens with zero attached hydrogens (tertiary/aromatic N) is 1. The van der Waals surface area contributed by atoms with Crippen LogP contribution >= 0.6 is 0 Å². The maximum atomic E-state index is 5.37. The van der Waals surface area contributed by atoms with Crippen molar-refractivity contribution >= 4 is 0 Å². The van der Waals surface area contributed by atoms with Crippen LogP contribution in [0.1, 0.15) is 25.3 Å². The summed E-state index contributed by atoms with van der Waals surface area (Å²) in [7, 11) is 0. The minimum absolute atomic E-state index is 0.460. The minimum Gasteiger partial charge on any atom is -0.361 e. The predicted octanol–water partition coefficient (Wildman–Crippen LogP) is 1.33. The molecule has 1 rings (SSSR count). The minimum atomic E-state index is 0.460. The Balaban J connectivity index is 2.58. The van der Waals surface area contributed by atoms with Crippen molar-refractivity contribution in [3.8, 4) is 0 Å². The maximum absolute atomic E-state index is 5.37. The van der Waals surface area contributed by atoms with E-state index in [4.69, 9.17) is 10.3 Å². The molecular weight excluding hydrogens is 140 g/mol. The van der Waals surface area contributed by atoms with Crippen LogP contribution in [0.25, 0.3) is 0 Å². The molecule has 0 radical (unpaired) electrons. The summed E-state index contributed by atoms with van der Waals surface area (Å²) in [6.07, 6.45) is 0.938. The van der Waals surface area contributed by atoms with Gasteiger partial charge in [0.15, 0.2) is 0 Å². The number of nitrogens with two attached hydrogens (primary N) is 1. The van der Waals surface area contributed by atoms with Gasteiger partial charge in [-0.2, -0.15) is 0 Å². The molecule has 11 heavy (non-hydrogen) atoms. The lowest BCUT2D eigenvalue weighted by molar-refractivity contribution is 0.364. The standard InChI is InChI=1S/C8H14N2O/c1-6(2)3-8-4-7(5-9)10-11-8/h4,6H,3,5,9H2,1-2H3. The second-order valence-corrected chi connectivity index (χ2v) is 3.09. The summed E-state index contributed by atoms with van der Waals surface area (Å²) < 4.78 is 5.04. The zero-order valence-corrected chi connectivity index (χ0v) is 7.00. The van der Waals surface area contributed by atoms with Crippen molar-refractivity contribution in [2.24, 2.45) is 11.7 Å². The molecule has 1 aromatic rings. The summed E-state index contributed by atoms with van der Waals surface area (Å²) >= 11 is 0. The molecule has 1 heterocycles. The van der Waals surface area contributed by atoms with Crippen molar-refractivity contribution in [3.05, 3.63) is 17.5 Å². The third-order valence-electron chi connectivity index (χ3n) is 1.43. The van der Waals surface area contributed by atoms with Crippen LogP contribution in [0.5, 0.6) is 0 Å². The summed E-state index contributed by atoms with van der Waals surface area (Å²) in [6, 6.07) is 1.92. The van der Waals surface area contributed by atoms with E-state index in [-0.39, 0.29) is 0 Å². The van der Waals surface area contributed by atoms with Crippen LogP contribution in [0.4, 0.5) is 0 Å². The quantitative estimate of drug-likeness (QED) is 0.714. The highest BCUT2D eigenvalue weighted by atomic mass is 16.5. The van der Waals surface area contributed by atoms with Gasteiger partial charge < -0.3 is 10.3 Å². The molecule has 3 heteroatoms. The molecule has 0 aromatic carbocycles. The monoisotopic (exact) mass is 154 g/mol. The zero-order chi connectivity index (χ0) is 8.27. The third-order valence-corrected chi connectivity index (χ3v) is 1.43. The van der Waals surface area contributed by atoms with Crippen molar-refractivity contribution in [2.45, 2.75) is 26.8 Å². The van der Waals surface area contributed by atoms with Gasteiger partial charge in [0.25, 0.3) is 0 Å². The van der Waals surface area contributed by atoms with E-state index in [1.807, 2.05) is 6.07 Å². The van der Waals surface area contributed by atoms with Crippen molar-refractivity contribution in [1.82, 2.24) is 5.16 Å². The second-order valence-electron chi connectivity index (χ2n) is 3.09. The van der Waals surface area contributed by atoms with Crippen molar-refractivity contribution in [2.75, 3.05) is 0 Å². The molecule has 3 nitrogen and oxygen atoms in total. The lowest BCUT2D eigenvalue weighted by atomic mass is 10.1. The number of hydrogen-bond acceptors (Lipinski definition) is 3. The van der Waals surface area contributed by atoms with Crippen LogP contribution in [0.2, 0.25) is 0 Å². The molecule has 0 unspecified atom stereocenters. The highest BCUT2D eigenvalue weighted by molar-refractivity contribution is 5.05. The molecule has 0 aliphatic heterocycles. The van der Waals surface area contributed by atoms with Gasteiger partial charge >= 0.3 is 0 Å². The van der Waals surface area contributed by atoms with Crippen molar-refractivity contribution in [3.63, 3.8) is 0 Å². The molecule has 0 aliphatic rings. The first-order valence-corrected chi connectivity index (χ1v) is 3.87. The Kier molecular flexibility index (Phi) is 2.65. The van der Waals surface area contributed by atoms with Gasteiger partial charge in [0.2, 0.25) is 0 Å². The summed E-state index contributed by atoms with van der Waals surface area (Å²) in [5, 5.41) is 3.79. The van der Waals surface area contributed by atoms with E-state index in [0.29, 0.717) is 12.5 Å². The van der Waals surface area contributed by atoms with Gasteiger partial charge in [0, 0.05) is 19.0 Å². The first kappa shape index (κ1) is 8.27.